The third-order valence-electron chi connectivity index (χ3n) is 1.16. The van der Waals surface area contributed by atoms with Crippen LogP contribution in [0.4, 0.5) is 0 Å². The Morgan fingerprint density at radius 3 is 2.70 bits per heavy atom. The van der Waals surface area contributed by atoms with Crippen LogP contribution in [0.2, 0.25) is 0 Å². The number of hydrogen-bond donors (Lipinski definition) is 1. The van der Waals surface area contributed by atoms with Crippen LogP contribution >= 0.6 is 11.8 Å². The summed E-state index contributed by atoms with van der Waals surface area (Å²) in [4.78, 5) is 0. The predicted octanol–water partition coefficient (Wildman–Crippen LogP) is -0.288. The highest BCUT2D eigenvalue weighted by Crippen LogP contribution is 2.20. The number of rotatable bonds is 2. The van der Waals surface area contributed by atoms with Crippen LogP contribution in [0, 0.1) is 0 Å². The third-order valence-corrected chi connectivity index (χ3v) is 2.83. The molecule has 1 aliphatic heterocycles. The van der Waals surface area contributed by atoms with Crippen molar-refractivity contribution in [2.75, 3.05) is 11.5 Å². The Bertz CT molecular complexity index is 195. The summed E-state index contributed by atoms with van der Waals surface area (Å²) in [5.74, 6) is 1.69. The van der Waals surface area contributed by atoms with Gasteiger partial charge in [-0.05, 0) is 12.2 Å². The van der Waals surface area contributed by atoms with Crippen molar-refractivity contribution in [3.63, 3.8) is 0 Å². The standard InChI is InChI=1S/C4H9NO3S2/c5-10(6,7)8-4-1-2-9-3-4/h4H,1-3H2,(H2,5,6,7). The second-order valence-corrected chi connectivity index (χ2v) is 4.40. The molecule has 1 aliphatic rings. The van der Waals surface area contributed by atoms with Crippen LogP contribution in [0.1, 0.15) is 6.42 Å². The van der Waals surface area contributed by atoms with Crippen molar-refractivity contribution >= 4 is 22.1 Å². The maximum absolute atomic E-state index is 10.3. The Balaban J connectivity index is 2.38. The molecule has 0 radical (unpaired) electrons. The maximum atomic E-state index is 10.3. The van der Waals surface area contributed by atoms with Gasteiger partial charge in [-0.25, -0.2) is 5.14 Å². The summed E-state index contributed by atoms with van der Waals surface area (Å²) in [5, 5.41) is 4.66. The Morgan fingerprint density at radius 2 is 2.30 bits per heavy atom. The van der Waals surface area contributed by atoms with Gasteiger partial charge in [0.25, 0.3) is 0 Å². The number of thioether (sulfide) groups is 1. The monoisotopic (exact) mass is 183 g/mol. The van der Waals surface area contributed by atoms with E-state index in [1.54, 1.807) is 11.8 Å². The lowest BCUT2D eigenvalue weighted by Crippen LogP contribution is -2.23. The molecule has 0 spiro atoms. The minimum absolute atomic E-state index is 0.194. The van der Waals surface area contributed by atoms with Gasteiger partial charge >= 0.3 is 10.3 Å². The Labute approximate surface area is 64.4 Å². The molecule has 1 fully saturated rings. The highest BCUT2D eigenvalue weighted by Gasteiger charge is 2.20. The molecule has 2 N–H and O–H groups in total. The van der Waals surface area contributed by atoms with E-state index < -0.39 is 10.3 Å². The summed E-state index contributed by atoms with van der Waals surface area (Å²) in [6, 6.07) is 0. The molecule has 1 rings (SSSR count). The normalized spacial score (nSPS) is 27.1. The zero-order chi connectivity index (χ0) is 7.61. The van der Waals surface area contributed by atoms with Crippen LogP contribution in [-0.2, 0) is 14.5 Å². The predicted molar refractivity (Wildman–Crippen MR) is 39.9 cm³/mol. The van der Waals surface area contributed by atoms with Gasteiger partial charge in [0.15, 0.2) is 0 Å². The fourth-order valence-electron chi connectivity index (χ4n) is 0.778. The molecule has 0 amide bonds. The molecule has 0 aliphatic carbocycles. The van der Waals surface area contributed by atoms with E-state index in [2.05, 4.69) is 9.32 Å². The van der Waals surface area contributed by atoms with Crippen LogP contribution < -0.4 is 5.14 Å². The van der Waals surface area contributed by atoms with Gasteiger partial charge in [-0.3, -0.25) is 4.18 Å². The van der Waals surface area contributed by atoms with Gasteiger partial charge in [0.05, 0.1) is 6.10 Å². The van der Waals surface area contributed by atoms with Gasteiger partial charge < -0.3 is 0 Å². The molecule has 0 aromatic carbocycles. The highest BCUT2D eigenvalue weighted by molar-refractivity contribution is 7.99. The second kappa shape index (κ2) is 3.08. The first-order valence-corrected chi connectivity index (χ1v) is 5.49. The summed E-state index contributed by atoms with van der Waals surface area (Å²) in [6.45, 7) is 0. The molecule has 0 aromatic rings. The third kappa shape index (κ3) is 2.87. The van der Waals surface area contributed by atoms with Gasteiger partial charge in [-0.15, -0.1) is 0 Å². The van der Waals surface area contributed by atoms with E-state index in [0.717, 1.165) is 17.9 Å². The highest BCUT2D eigenvalue weighted by atomic mass is 32.2. The molecular formula is C4H9NO3S2. The molecule has 10 heavy (non-hydrogen) atoms. The summed E-state index contributed by atoms with van der Waals surface area (Å²) >= 11 is 1.68. The molecule has 0 aromatic heterocycles. The first kappa shape index (κ1) is 8.32. The molecule has 60 valence electrons. The first-order chi connectivity index (χ1) is 4.58. The average Bonchev–Trinajstić information content (AvgIpc) is 2.12. The molecule has 4 nitrogen and oxygen atoms in total. The molecule has 0 saturated carbocycles. The first-order valence-electron chi connectivity index (χ1n) is 2.87. The second-order valence-electron chi connectivity index (χ2n) is 2.07. The molecule has 0 bridgehead atoms. The Hall–Kier alpha value is 0.220. The fraction of sp³-hybridized carbons (Fsp3) is 1.00. The van der Waals surface area contributed by atoms with Gasteiger partial charge in [-0.2, -0.15) is 20.2 Å². The molecule has 1 unspecified atom stereocenters. The molecule has 1 saturated heterocycles. The summed E-state index contributed by atoms with van der Waals surface area (Å²) in [6.07, 6.45) is 0.584. The zero-order valence-corrected chi connectivity index (χ0v) is 6.95. The lowest BCUT2D eigenvalue weighted by molar-refractivity contribution is 0.236. The molecule has 1 heterocycles. The fourth-order valence-corrected chi connectivity index (χ4v) is 2.50. The topological polar surface area (TPSA) is 69.4 Å². The quantitative estimate of drug-likeness (QED) is 0.639. The van der Waals surface area contributed by atoms with E-state index in [-0.39, 0.29) is 6.10 Å². The smallest absolute Gasteiger partial charge is 0.254 e. The van der Waals surface area contributed by atoms with E-state index in [1.807, 2.05) is 0 Å². The Morgan fingerprint density at radius 1 is 1.60 bits per heavy atom. The number of nitrogens with two attached hydrogens (primary N) is 1. The van der Waals surface area contributed by atoms with Gasteiger partial charge in [0.1, 0.15) is 0 Å². The lowest BCUT2D eigenvalue weighted by atomic mass is 10.3. The summed E-state index contributed by atoms with van der Waals surface area (Å²) in [7, 11) is -3.72. The molecular weight excluding hydrogens is 174 g/mol. The molecule has 1 atom stereocenters. The average molecular weight is 183 g/mol. The van der Waals surface area contributed by atoms with E-state index in [4.69, 9.17) is 0 Å². The van der Waals surface area contributed by atoms with Crippen molar-refractivity contribution < 1.29 is 12.6 Å². The van der Waals surface area contributed by atoms with Crippen LogP contribution in [0.25, 0.3) is 0 Å². The van der Waals surface area contributed by atoms with Crippen molar-refractivity contribution in [1.82, 2.24) is 0 Å². The summed E-state index contributed by atoms with van der Waals surface area (Å²) < 4.78 is 25.2. The Kier molecular flexibility index (Phi) is 2.56. The van der Waals surface area contributed by atoms with Crippen molar-refractivity contribution in [2.24, 2.45) is 5.14 Å². The number of hydrogen-bond acceptors (Lipinski definition) is 4. The SMILES string of the molecule is NS(=O)(=O)OC1CCSC1. The van der Waals surface area contributed by atoms with Crippen molar-refractivity contribution in [3.05, 3.63) is 0 Å². The van der Waals surface area contributed by atoms with Gasteiger partial charge in [0, 0.05) is 5.75 Å². The minimum Gasteiger partial charge on any atom is -0.254 e. The minimum atomic E-state index is -3.72. The van der Waals surface area contributed by atoms with E-state index >= 15 is 0 Å². The van der Waals surface area contributed by atoms with Gasteiger partial charge in [0.2, 0.25) is 0 Å². The maximum Gasteiger partial charge on any atom is 0.333 e. The van der Waals surface area contributed by atoms with Crippen molar-refractivity contribution in [3.8, 4) is 0 Å². The van der Waals surface area contributed by atoms with Crippen molar-refractivity contribution in [1.29, 1.82) is 0 Å². The summed E-state index contributed by atoms with van der Waals surface area (Å²) in [5.41, 5.74) is 0. The molecule has 6 heteroatoms. The zero-order valence-electron chi connectivity index (χ0n) is 5.32. The van der Waals surface area contributed by atoms with E-state index in [0.29, 0.717) is 0 Å². The van der Waals surface area contributed by atoms with Crippen molar-refractivity contribution in [2.45, 2.75) is 12.5 Å². The van der Waals surface area contributed by atoms with E-state index in [1.165, 1.54) is 0 Å². The van der Waals surface area contributed by atoms with Crippen LogP contribution in [0.3, 0.4) is 0 Å². The van der Waals surface area contributed by atoms with Crippen LogP contribution in [0.5, 0.6) is 0 Å². The van der Waals surface area contributed by atoms with E-state index in [9.17, 15) is 8.42 Å². The van der Waals surface area contributed by atoms with Crippen LogP contribution in [0.15, 0.2) is 0 Å². The van der Waals surface area contributed by atoms with Crippen LogP contribution in [-0.4, -0.2) is 26.0 Å². The largest absolute Gasteiger partial charge is 0.333 e. The van der Waals surface area contributed by atoms with Gasteiger partial charge in [-0.1, -0.05) is 0 Å². The lowest BCUT2D eigenvalue weighted by Gasteiger charge is -2.05.